The number of amides is 7. The maximum absolute atomic E-state index is 13.6. The van der Waals surface area contributed by atoms with E-state index < -0.39 is 115 Å². The number of epoxide rings is 1. The van der Waals surface area contributed by atoms with E-state index in [1.165, 1.54) is 4.90 Å². The average Bonchev–Trinajstić information content (AvgIpc) is 4.09. The summed E-state index contributed by atoms with van der Waals surface area (Å²) < 4.78 is 10.6. The van der Waals surface area contributed by atoms with Crippen molar-refractivity contribution >= 4 is 53.5 Å². The molecule has 0 radical (unpaired) electrons. The molecule has 0 spiro atoms. The molecule has 1 fully saturated rings. The summed E-state index contributed by atoms with van der Waals surface area (Å²) in [5.74, 6) is -9.10. The number of carboxylic acids is 2. The highest BCUT2D eigenvalue weighted by atomic mass is 16.6. The predicted molar refractivity (Wildman–Crippen MR) is 232 cm³/mol. The molecule has 2 unspecified atom stereocenters. The quantitative estimate of drug-likeness (QED) is 0.0441. The van der Waals surface area contributed by atoms with Crippen LogP contribution in [0.5, 0.6) is 0 Å². The molecule has 0 bridgehead atoms. The van der Waals surface area contributed by atoms with Gasteiger partial charge >= 0.3 is 18.0 Å². The Hall–Kier alpha value is -7.39. The zero-order valence-corrected chi connectivity index (χ0v) is 36.5. The number of carbonyl (C=O) groups is 9. The van der Waals surface area contributed by atoms with Gasteiger partial charge in [-0.25, -0.2) is 4.79 Å². The van der Waals surface area contributed by atoms with E-state index in [0.717, 1.165) is 18.1 Å². The topological polar surface area (TPSA) is 312 Å². The van der Waals surface area contributed by atoms with Crippen LogP contribution in [0.3, 0.4) is 0 Å². The molecule has 7 atom stereocenters. The first-order valence-electron chi connectivity index (χ1n) is 21.0. The van der Waals surface area contributed by atoms with Crippen LogP contribution in [0.4, 0.5) is 4.79 Å². The van der Waals surface area contributed by atoms with Gasteiger partial charge in [0.1, 0.15) is 30.8 Å². The molecule has 0 aliphatic carbocycles. The molecule has 21 nitrogen and oxygen atoms in total. The van der Waals surface area contributed by atoms with Crippen molar-refractivity contribution in [1.82, 2.24) is 37.0 Å². The minimum atomic E-state index is -1.91. The highest BCUT2D eigenvalue weighted by Gasteiger charge is 2.52. The number of hydrogen-bond acceptors (Lipinski definition) is 12. The fourth-order valence-corrected chi connectivity index (χ4v) is 6.50. The van der Waals surface area contributed by atoms with E-state index >= 15 is 0 Å². The van der Waals surface area contributed by atoms with Gasteiger partial charge in [-0.2, -0.15) is 0 Å². The molecule has 1 saturated heterocycles. The van der Waals surface area contributed by atoms with Crippen molar-refractivity contribution < 1.29 is 67.9 Å². The molecular weight excluding hydrogens is 863 g/mol. The van der Waals surface area contributed by atoms with E-state index in [0.29, 0.717) is 5.56 Å². The van der Waals surface area contributed by atoms with Crippen LogP contribution in [-0.2, 0) is 67.5 Å². The van der Waals surface area contributed by atoms with Crippen molar-refractivity contribution in [2.75, 3.05) is 0 Å². The number of nitrogens with one attached hydrogen (secondary N) is 6. The van der Waals surface area contributed by atoms with Crippen molar-refractivity contribution in [2.45, 2.75) is 109 Å². The lowest BCUT2D eigenvalue weighted by molar-refractivity contribution is -0.142. The van der Waals surface area contributed by atoms with Crippen molar-refractivity contribution in [3.8, 4) is 0 Å². The van der Waals surface area contributed by atoms with Crippen molar-refractivity contribution in [1.29, 1.82) is 0 Å². The zero-order chi connectivity index (χ0) is 48.3. The third-order valence-electron chi connectivity index (χ3n) is 9.93. The molecule has 66 heavy (non-hydrogen) atoms. The normalized spacial score (nSPS) is 16.1. The van der Waals surface area contributed by atoms with Gasteiger partial charge in [-0.3, -0.25) is 49.2 Å². The highest BCUT2D eigenvalue weighted by Crippen LogP contribution is 2.26. The van der Waals surface area contributed by atoms with Crippen molar-refractivity contribution in [3.05, 3.63) is 108 Å². The summed E-state index contributed by atoms with van der Waals surface area (Å²) in [7, 11) is 0. The Morgan fingerprint density at radius 1 is 0.621 bits per heavy atom. The average molecular weight is 918 g/mol. The Morgan fingerprint density at radius 2 is 1.15 bits per heavy atom. The van der Waals surface area contributed by atoms with Gasteiger partial charge in [0, 0.05) is 19.5 Å². The highest BCUT2D eigenvalue weighted by molar-refractivity contribution is 5.98. The Bertz CT molecular complexity index is 2120. The second kappa shape index (κ2) is 25.2. The molecule has 1 aliphatic rings. The van der Waals surface area contributed by atoms with Gasteiger partial charge in [0.2, 0.25) is 17.7 Å². The van der Waals surface area contributed by atoms with Gasteiger partial charge in [0.15, 0.2) is 12.2 Å². The number of alkyl carbamates (subject to hydrolysis) is 1. The minimum absolute atomic E-state index is 0.0697. The Morgan fingerprint density at radius 3 is 1.67 bits per heavy atom. The summed E-state index contributed by atoms with van der Waals surface area (Å²) in [5, 5.41) is 38.6. The largest absolute Gasteiger partial charge is 0.481 e. The fourth-order valence-electron chi connectivity index (χ4n) is 6.50. The van der Waals surface area contributed by atoms with Crippen LogP contribution in [0.1, 0.15) is 63.1 Å². The number of rotatable bonds is 24. The monoisotopic (exact) mass is 917 g/mol. The maximum Gasteiger partial charge on any atom is 0.408 e. The van der Waals surface area contributed by atoms with Gasteiger partial charge < -0.3 is 51.0 Å². The summed E-state index contributed by atoms with van der Waals surface area (Å²) in [6, 6.07) is 20.2. The number of ether oxygens (including phenoxy) is 2. The zero-order valence-electron chi connectivity index (χ0n) is 36.5. The SMILES string of the molecule is CC(C)C[C@H](NC(=O)OCc1ccccc1)C(=O)N[C@@H](CCC(=O)O)C(=O)N[C@H](C(=O)N[C@@H](CC(=O)O)C(=O)NNC(=O)C1OC1C(=O)N(Cc1ccccc1)Cc1ccccc1)[C@@H](C)O. The van der Waals surface area contributed by atoms with Crippen LogP contribution in [-0.4, -0.2) is 116 Å². The summed E-state index contributed by atoms with van der Waals surface area (Å²) in [5.41, 5.74) is 6.38. The number of aliphatic hydroxyl groups excluding tert-OH is 1. The van der Waals surface area contributed by atoms with Gasteiger partial charge in [0.25, 0.3) is 17.7 Å². The number of aliphatic carboxylic acids is 2. The number of nitrogens with zero attached hydrogens (tertiary/aromatic N) is 1. The number of carbonyl (C=O) groups excluding carboxylic acids is 7. The van der Waals surface area contributed by atoms with Crippen LogP contribution in [0, 0.1) is 5.92 Å². The van der Waals surface area contributed by atoms with E-state index in [-0.39, 0.29) is 32.0 Å². The molecule has 0 saturated carbocycles. The molecule has 354 valence electrons. The molecular formula is C45H55N7O14. The van der Waals surface area contributed by atoms with Gasteiger partial charge in [-0.1, -0.05) is 105 Å². The van der Waals surface area contributed by atoms with Gasteiger partial charge in [0.05, 0.1) is 12.5 Å². The molecule has 3 aromatic carbocycles. The number of hydrazine groups is 1. The third kappa shape index (κ3) is 17.0. The standard InChI is InChI=1S/C45H55N7O14/c1-26(2)21-32(48-45(64)65-25-30-17-11-6-12-18-30)40(59)46-31(19-20-34(54)55)39(58)49-36(27(3)53)42(61)47-33(22-35(56)57)41(60)50-51-43(62)37-38(66-37)44(63)52(23-28-13-7-4-8-14-28)24-29-15-9-5-10-16-29/h4-18,26-27,31-33,36-38,53H,19-25H2,1-3H3,(H,46,59)(H,47,61)(H,48,64)(H,49,58)(H,50,60)(H,51,62)(H,54,55)(H,56,57)/t27-,31+,32+,33+,36+,37?,38?/m1/s1. The van der Waals surface area contributed by atoms with E-state index in [2.05, 4.69) is 26.7 Å². The van der Waals surface area contributed by atoms with Crippen molar-refractivity contribution in [3.63, 3.8) is 0 Å². The van der Waals surface area contributed by atoms with Crippen LogP contribution in [0.15, 0.2) is 91.0 Å². The molecule has 9 N–H and O–H groups in total. The first-order valence-corrected chi connectivity index (χ1v) is 21.0. The molecule has 7 amide bonds. The molecule has 4 rings (SSSR count). The van der Waals surface area contributed by atoms with Gasteiger partial charge in [-0.15, -0.1) is 0 Å². The number of benzene rings is 3. The Kier molecular flexibility index (Phi) is 19.6. The number of carboxylic acid groups (broad SMARTS) is 2. The van der Waals surface area contributed by atoms with E-state index in [1.807, 2.05) is 66.1 Å². The van der Waals surface area contributed by atoms with E-state index in [9.17, 15) is 58.5 Å². The fraction of sp³-hybridized carbons (Fsp3) is 0.400. The van der Waals surface area contributed by atoms with E-state index in [4.69, 9.17) is 9.47 Å². The first kappa shape index (κ1) is 51.2. The van der Waals surface area contributed by atoms with Crippen LogP contribution >= 0.6 is 0 Å². The Balaban J connectivity index is 1.38. The Labute approximate surface area is 379 Å². The number of aliphatic hydroxyl groups is 1. The lowest BCUT2D eigenvalue weighted by Gasteiger charge is -2.27. The maximum atomic E-state index is 13.6. The smallest absolute Gasteiger partial charge is 0.408 e. The third-order valence-corrected chi connectivity index (χ3v) is 9.93. The summed E-state index contributed by atoms with van der Waals surface area (Å²) in [6.45, 7) is 4.90. The van der Waals surface area contributed by atoms with Crippen LogP contribution in [0.2, 0.25) is 0 Å². The van der Waals surface area contributed by atoms with Crippen LogP contribution in [0.25, 0.3) is 0 Å². The lowest BCUT2D eigenvalue weighted by Crippen LogP contribution is -2.61. The summed E-state index contributed by atoms with van der Waals surface area (Å²) in [4.78, 5) is 118. The molecule has 1 aliphatic heterocycles. The van der Waals surface area contributed by atoms with E-state index in [1.54, 1.807) is 44.2 Å². The second-order valence-corrected chi connectivity index (χ2v) is 15.9. The first-order chi connectivity index (χ1) is 31.4. The molecule has 3 aromatic rings. The predicted octanol–water partition coefficient (Wildman–Crippen LogP) is 0.646. The van der Waals surface area contributed by atoms with Crippen LogP contribution < -0.4 is 32.1 Å². The number of hydrogen-bond donors (Lipinski definition) is 9. The molecule has 21 heteroatoms. The molecule has 1 heterocycles. The minimum Gasteiger partial charge on any atom is -0.481 e. The van der Waals surface area contributed by atoms with Gasteiger partial charge in [-0.05, 0) is 42.4 Å². The van der Waals surface area contributed by atoms with Crippen molar-refractivity contribution in [2.24, 2.45) is 5.92 Å². The summed E-state index contributed by atoms with van der Waals surface area (Å²) in [6.07, 6.45) is -7.31. The molecule has 0 aromatic heterocycles. The summed E-state index contributed by atoms with van der Waals surface area (Å²) >= 11 is 0. The second-order valence-electron chi connectivity index (χ2n) is 15.9. The lowest BCUT2D eigenvalue weighted by atomic mass is 10.0.